The number of carbonyl (C=O) groups is 3. The van der Waals surface area contributed by atoms with Crippen LogP contribution in [-0.4, -0.2) is 24.5 Å². The first-order chi connectivity index (χ1) is 17.7. The van der Waals surface area contributed by atoms with Crippen molar-refractivity contribution in [3.63, 3.8) is 0 Å². The largest absolute Gasteiger partial charge is 0.490 e. The lowest BCUT2D eigenvalue weighted by Crippen LogP contribution is -2.54. The SMILES string of the molecule is CCOc1cc(/C=C2\C(=O)NC(=O)N(c3cccc(Cl)c3C)C2=O)cc(Cl)c1OCc1ccc(F)cc1. The van der Waals surface area contributed by atoms with Crippen molar-refractivity contribution in [1.29, 1.82) is 0 Å². The van der Waals surface area contributed by atoms with Gasteiger partial charge in [0.2, 0.25) is 0 Å². The Hall–Kier alpha value is -3.88. The van der Waals surface area contributed by atoms with Gasteiger partial charge >= 0.3 is 6.03 Å². The average Bonchev–Trinajstić information content (AvgIpc) is 2.85. The summed E-state index contributed by atoms with van der Waals surface area (Å²) in [6, 6.07) is 12.8. The van der Waals surface area contributed by atoms with E-state index in [1.807, 2.05) is 0 Å². The third kappa shape index (κ3) is 5.60. The number of halogens is 3. The van der Waals surface area contributed by atoms with Crippen LogP contribution in [0.4, 0.5) is 14.9 Å². The summed E-state index contributed by atoms with van der Waals surface area (Å²) < 4.78 is 24.7. The first-order valence-electron chi connectivity index (χ1n) is 11.2. The normalized spacial score (nSPS) is 14.7. The fourth-order valence-electron chi connectivity index (χ4n) is 3.69. The van der Waals surface area contributed by atoms with E-state index in [4.69, 9.17) is 32.7 Å². The van der Waals surface area contributed by atoms with Crippen molar-refractivity contribution in [2.45, 2.75) is 20.5 Å². The van der Waals surface area contributed by atoms with Crippen molar-refractivity contribution in [1.82, 2.24) is 5.32 Å². The summed E-state index contributed by atoms with van der Waals surface area (Å²) in [4.78, 5) is 39.3. The average molecular weight is 543 g/mol. The van der Waals surface area contributed by atoms with Gasteiger partial charge in [0, 0.05) is 5.02 Å². The minimum absolute atomic E-state index is 0.109. The lowest BCUT2D eigenvalue weighted by atomic mass is 10.1. The van der Waals surface area contributed by atoms with E-state index in [0.717, 1.165) is 10.5 Å². The number of hydrogen-bond donors (Lipinski definition) is 1. The van der Waals surface area contributed by atoms with Gasteiger partial charge in [-0.2, -0.15) is 0 Å². The van der Waals surface area contributed by atoms with Crippen molar-refractivity contribution >= 4 is 52.8 Å². The molecule has 7 nitrogen and oxygen atoms in total. The lowest BCUT2D eigenvalue weighted by Gasteiger charge is -2.27. The van der Waals surface area contributed by atoms with E-state index in [2.05, 4.69) is 5.32 Å². The van der Waals surface area contributed by atoms with Gasteiger partial charge in [0.15, 0.2) is 11.5 Å². The molecular formula is C27H21Cl2FN2O5. The van der Waals surface area contributed by atoms with E-state index < -0.39 is 17.8 Å². The van der Waals surface area contributed by atoms with Crippen LogP contribution >= 0.6 is 23.2 Å². The van der Waals surface area contributed by atoms with Crippen molar-refractivity contribution in [3.8, 4) is 11.5 Å². The number of anilines is 1. The number of rotatable bonds is 7. The molecule has 1 saturated heterocycles. The number of benzene rings is 3. The number of imide groups is 2. The van der Waals surface area contributed by atoms with Gasteiger partial charge in [-0.1, -0.05) is 41.4 Å². The Bertz CT molecular complexity index is 1420. The Morgan fingerprint density at radius 2 is 1.73 bits per heavy atom. The van der Waals surface area contributed by atoms with Gasteiger partial charge in [-0.05, 0) is 73.0 Å². The van der Waals surface area contributed by atoms with Crippen LogP contribution in [0.1, 0.15) is 23.6 Å². The number of amides is 4. The quantitative estimate of drug-likeness (QED) is 0.288. The van der Waals surface area contributed by atoms with Gasteiger partial charge in [-0.15, -0.1) is 0 Å². The lowest BCUT2D eigenvalue weighted by molar-refractivity contribution is -0.122. The second-order valence-electron chi connectivity index (χ2n) is 8.02. The van der Waals surface area contributed by atoms with E-state index in [1.54, 1.807) is 50.2 Å². The Balaban J connectivity index is 1.67. The molecule has 1 aliphatic rings. The minimum atomic E-state index is -0.880. The van der Waals surface area contributed by atoms with Crippen LogP contribution in [0.25, 0.3) is 6.08 Å². The van der Waals surface area contributed by atoms with Crippen molar-refractivity contribution in [2.75, 3.05) is 11.5 Å². The summed E-state index contributed by atoms with van der Waals surface area (Å²) >= 11 is 12.6. The van der Waals surface area contributed by atoms with Crippen LogP contribution in [0.15, 0.2) is 60.2 Å². The first-order valence-corrected chi connectivity index (χ1v) is 11.9. The zero-order valence-electron chi connectivity index (χ0n) is 19.8. The zero-order valence-corrected chi connectivity index (χ0v) is 21.3. The number of carbonyl (C=O) groups excluding carboxylic acids is 3. The van der Waals surface area contributed by atoms with Gasteiger partial charge in [0.1, 0.15) is 18.0 Å². The minimum Gasteiger partial charge on any atom is -0.490 e. The number of urea groups is 1. The Kier molecular flexibility index (Phi) is 7.80. The number of barbiturate groups is 1. The maximum Gasteiger partial charge on any atom is 0.335 e. The topological polar surface area (TPSA) is 84.9 Å². The second-order valence-corrected chi connectivity index (χ2v) is 8.83. The first kappa shape index (κ1) is 26.2. The van der Waals surface area contributed by atoms with Crippen molar-refractivity contribution in [2.24, 2.45) is 0 Å². The molecule has 10 heteroatoms. The van der Waals surface area contributed by atoms with Gasteiger partial charge in [-0.3, -0.25) is 14.9 Å². The fraction of sp³-hybridized carbons (Fsp3) is 0.148. The summed E-state index contributed by atoms with van der Waals surface area (Å²) in [5, 5.41) is 2.72. The molecular weight excluding hydrogens is 522 g/mol. The predicted molar refractivity (Wildman–Crippen MR) is 139 cm³/mol. The summed E-state index contributed by atoms with van der Waals surface area (Å²) in [6.07, 6.45) is 1.31. The summed E-state index contributed by atoms with van der Waals surface area (Å²) in [7, 11) is 0. The maximum atomic E-state index is 13.3. The molecule has 4 amide bonds. The number of ether oxygens (including phenoxy) is 2. The third-order valence-electron chi connectivity index (χ3n) is 5.52. The molecule has 0 spiro atoms. The molecule has 0 radical (unpaired) electrons. The van der Waals surface area contributed by atoms with Crippen LogP contribution in [0.2, 0.25) is 10.0 Å². The van der Waals surface area contributed by atoms with Gasteiger partial charge in [0.25, 0.3) is 11.8 Å². The molecule has 0 aromatic heterocycles. The molecule has 1 heterocycles. The van der Waals surface area contributed by atoms with E-state index in [-0.39, 0.29) is 40.2 Å². The number of nitrogens with one attached hydrogen (secondary N) is 1. The molecule has 1 fully saturated rings. The van der Waals surface area contributed by atoms with E-state index in [1.165, 1.54) is 24.3 Å². The molecule has 0 unspecified atom stereocenters. The fourth-order valence-corrected chi connectivity index (χ4v) is 4.13. The zero-order chi connectivity index (χ0) is 26.7. The molecule has 0 atom stereocenters. The van der Waals surface area contributed by atoms with E-state index >= 15 is 0 Å². The predicted octanol–water partition coefficient (Wildman–Crippen LogP) is 6.09. The van der Waals surface area contributed by atoms with Gasteiger partial charge in [-0.25, -0.2) is 14.1 Å². The van der Waals surface area contributed by atoms with Crippen LogP contribution in [0, 0.1) is 12.7 Å². The molecule has 3 aromatic rings. The summed E-state index contributed by atoms with van der Waals surface area (Å²) in [5.41, 5.74) is 1.57. The molecule has 4 rings (SSSR count). The van der Waals surface area contributed by atoms with Crippen LogP contribution in [0.3, 0.4) is 0 Å². The molecule has 37 heavy (non-hydrogen) atoms. The summed E-state index contributed by atoms with van der Waals surface area (Å²) in [5.74, 6) is -1.49. The van der Waals surface area contributed by atoms with Crippen molar-refractivity contribution < 1.29 is 28.2 Å². The van der Waals surface area contributed by atoms with E-state index in [9.17, 15) is 18.8 Å². The standard InChI is InChI=1S/C27H21Cl2FN2O5/c1-3-36-23-13-17(12-21(29)24(23)37-14-16-7-9-18(30)10-8-16)11-19-25(33)31-27(35)32(26(19)34)22-6-4-5-20(28)15(22)2/h4-13H,3,14H2,1-2H3,(H,31,33,35)/b19-11+. The summed E-state index contributed by atoms with van der Waals surface area (Å²) in [6.45, 7) is 3.84. The van der Waals surface area contributed by atoms with E-state index in [0.29, 0.717) is 22.8 Å². The molecule has 190 valence electrons. The molecule has 0 saturated carbocycles. The molecule has 1 N–H and O–H groups in total. The second kappa shape index (κ2) is 11.0. The Morgan fingerprint density at radius 3 is 2.43 bits per heavy atom. The van der Waals surface area contributed by atoms with Gasteiger partial charge in [0.05, 0.1) is 17.3 Å². The highest BCUT2D eigenvalue weighted by atomic mass is 35.5. The highest BCUT2D eigenvalue weighted by Gasteiger charge is 2.37. The molecule has 3 aromatic carbocycles. The maximum absolute atomic E-state index is 13.3. The monoisotopic (exact) mass is 542 g/mol. The Labute approximate surface area is 222 Å². The van der Waals surface area contributed by atoms with Crippen molar-refractivity contribution in [3.05, 3.63) is 92.7 Å². The third-order valence-corrected chi connectivity index (χ3v) is 6.21. The smallest absolute Gasteiger partial charge is 0.335 e. The van der Waals surface area contributed by atoms with Gasteiger partial charge < -0.3 is 9.47 Å². The van der Waals surface area contributed by atoms with Crippen LogP contribution in [-0.2, 0) is 16.2 Å². The van der Waals surface area contributed by atoms with Crippen LogP contribution < -0.4 is 19.7 Å². The molecule has 1 aliphatic heterocycles. The molecule has 0 aliphatic carbocycles. The Morgan fingerprint density at radius 1 is 1.00 bits per heavy atom. The number of nitrogens with zero attached hydrogens (tertiary/aromatic N) is 1. The highest BCUT2D eigenvalue weighted by molar-refractivity contribution is 6.40. The number of hydrogen-bond acceptors (Lipinski definition) is 5. The highest BCUT2D eigenvalue weighted by Crippen LogP contribution is 2.38. The molecule has 0 bridgehead atoms. The van der Waals surface area contributed by atoms with Crippen LogP contribution in [0.5, 0.6) is 11.5 Å².